The molecule has 1 fully saturated rings. The van der Waals surface area contributed by atoms with Crippen molar-refractivity contribution in [1.29, 1.82) is 0 Å². The highest BCUT2D eigenvalue weighted by Crippen LogP contribution is 2.18. The maximum absolute atomic E-state index is 11.3. The van der Waals surface area contributed by atoms with E-state index in [-0.39, 0.29) is 18.1 Å². The number of hydrogen-bond donors (Lipinski definition) is 1. The molecule has 0 radical (unpaired) electrons. The first-order valence-electron chi connectivity index (χ1n) is 5.73. The fraction of sp³-hybridized carbons (Fsp3) is 0.462. The second-order valence-corrected chi connectivity index (χ2v) is 4.28. The number of benzene rings is 1. The molecule has 0 amide bonds. The van der Waals surface area contributed by atoms with E-state index >= 15 is 0 Å². The number of carbonyl (C=O) groups excluding carboxylic acids is 1. The SMILES string of the molecule is COC(=O)C1CC(Oc2cccc(C)c2)CN1. The lowest BCUT2D eigenvalue weighted by molar-refractivity contribution is -0.142. The van der Waals surface area contributed by atoms with Crippen LogP contribution in [0.25, 0.3) is 0 Å². The van der Waals surface area contributed by atoms with E-state index in [9.17, 15) is 4.79 Å². The number of hydrogen-bond acceptors (Lipinski definition) is 4. The minimum Gasteiger partial charge on any atom is -0.489 e. The molecule has 1 saturated heterocycles. The molecule has 1 heterocycles. The van der Waals surface area contributed by atoms with Gasteiger partial charge in [-0.15, -0.1) is 0 Å². The minimum atomic E-state index is -0.241. The van der Waals surface area contributed by atoms with Gasteiger partial charge in [0.15, 0.2) is 0 Å². The topological polar surface area (TPSA) is 47.6 Å². The molecule has 0 aliphatic carbocycles. The summed E-state index contributed by atoms with van der Waals surface area (Å²) in [6.45, 7) is 2.70. The third-order valence-electron chi connectivity index (χ3n) is 2.87. The van der Waals surface area contributed by atoms with E-state index in [1.54, 1.807) is 0 Å². The average molecular weight is 235 g/mol. The van der Waals surface area contributed by atoms with E-state index in [2.05, 4.69) is 5.32 Å². The van der Waals surface area contributed by atoms with Crippen LogP contribution in [0.4, 0.5) is 0 Å². The van der Waals surface area contributed by atoms with E-state index in [4.69, 9.17) is 9.47 Å². The molecule has 0 spiro atoms. The van der Waals surface area contributed by atoms with Gasteiger partial charge >= 0.3 is 5.97 Å². The van der Waals surface area contributed by atoms with Crippen LogP contribution >= 0.6 is 0 Å². The van der Waals surface area contributed by atoms with Crippen LogP contribution in [-0.2, 0) is 9.53 Å². The Morgan fingerprint density at radius 1 is 1.47 bits per heavy atom. The summed E-state index contributed by atoms with van der Waals surface area (Å²) in [6.07, 6.45) is 0.682. The number of esters is 1. The van der Waals surface area contributed by atoms with Crippen molar-refractivity contribution in [2.24, 2.45) is 0 Å². The normalized spacial score (nSPS) is 23.4. The van der Waals surface area contributed by atoms with E-state index in [0.717, 1.165) is 11.3 Å². The predicted molar refractivity (Wildman–Crippen MR) is 64.0 cm³/mol. The molecule has 1 aromatic carbocycles. The lowest BCUT2D eigenvalue weighted by Crippen LogP contribution is -2.31. The highest BCUT2D eigenvalue weighted by atomic mass is 16.5. The molecule has 2 atom stereocenters. The lowest BCUT2D eigenvalue weighted by atomic mass is 10.2. The lowest BCUT2D eigenvalue weighted by Gasteiger charge is -2.13. The average Bonchev–Trinajstić information content (AvgIpc) is 2.76. The van der Waals surface area contributed by atoms with E-state index in [1.807, 2.05) is 31.2 Å². The maximum atomic E-state index is 11.3. The van der Waals surface area contributed by atoms with Gasteiger partial charge in [-0.2, -0.15) is 0 Å². The van der Waals surface area contributed by atoms with Crippen LogP contribution in [0, 0.1) is 6.92 Å². The fourth-order valence-electron chi connectivity index (χ4n) is 2.00. The first-order valence-corrected chi connectivity index (χ1v) is 5.73. The molecule has 1 aliphatic rings. The summed E-state index contributed by atoms with van der Waals surface area (Å²) in [5.41, 5.74) is 1.16. The van der Waals surface area contributed by atoms with Gasteiger partial charge in [-0.25, -0.2) is 0 Å². The molecule has 1 N–H and O–H groups in total. The van der Waals surface area contributed by atoms with Gasteiger partial charge in [-0.3, -0.25) is 4.79 Å². The number of rotatable bonds is 3. The van der Waals surface area contributed by atoms with Crippen molar-refractivity contribution in [2.45, 2.75) is 25.5 Å². The fourth-order valence-corrected chi connectivity index (χ4v) is 2.00. The summed E-state index contributed by atoms with van der Waals surface area (Å²) in [7, 11) is 1.40. The number of nitrogens with one attached hydrogen (secondary N) is 1. The Bertz CT molecular complexity index is 405. The Balaban J connectivity index is 1.92. The van der Waals surface area contributed by atoms with Crippen LogP contribution in [0.15, 0.2) is 24.3 Å². The maximum Gasteiger partial charge on any atom is 0.323 e. The van der Waals surface area contributed by atoms with E-state index in [1.165, 1.54) is 7.11 Å². The van der Waals surface area contributed by atoms with Gasteiger partial charge in [0.05, 0.1) is 7.11 Å². The highest BCUT2D eigenvalue weighted by molar-refractivity contribution is 5.76. The summed E-state index contributed by atoms with van der Waals surface area (Å²) in [4.78, 5) is 11.3. The number of carbonyl (C=O) groups is 1. The number of methoxy groups -OCH3 is 1. The van der Waals surface area contributed by atoms with Crippen LogP contribution in [0.3, 0.4) is 0 Å². The zero-order valence-electron chi connectivity index (χ0n) is 10.1. The molecule has 1 aliphatic heterocycles. The second-order valence-electron chi connectivity index (χ2n) is 4.28. The van der Waals surface area contributed by atoms with Crippen molar-refractivity contribution in [2.75, 3.05) is 13.7 Å². The summed E-state index contributed by atoms with van der Waals surface area (Å²) in [5, 5.41) is 3.09. The standard InChI is InChI=1S/C13H17NO3/c1-9-4-3-5-10(6-9)17-11-7-12(14-8-11)13(15)16-2/h3-6,11-12,14H,7-8H2,1-2H3. The van der Waals surface area contributed by atoms with Crippen LogP contribution in [-0.4, -0.2) is 31.8 Å². The minimum absolute atomic E-state index is 0.0286. The first kappa shape index (κ1) is 11.9. The Kier molecular flexibility index (Phi) is 3.64. The quantitative estimate of drug-likeness (QED) is 0.802. The van der Waals surface area contributed by atoms with Crippen LogP contribution < -0.4 is 10.1 Å². The summed E-state index contributed by atoms with van der Waals surface area (Å²) >= 11 is 0. The Morgan fingerprint density at radius 3 is 3.00 bits per heavy atom. The van der Waals surface area contributed by atoms with Crippen molar-refractivity contribution in [1.82, 2.24) is 5.32 Å². The summed E-state index contributed by atoms with van der Waals surface area (Å²) in [6, 6.07) is 7.67. The molecule has 92 valence electrons. The molecule has 0 aromatic heterocycles. The van der Waals surface area contributed by atoms with E-state index in [0.29, 0.717) is 13.0 Å². The Morgan fingerprint density at radius 2 is 2.29 bits per heavy atom. The molecule has 1 aromatic rings. The molecule has 2 rings (SSSR count). The molecule has 0 saturated carbocycles. The van der Waals surface area contributed by atoms with Crippen molar-refractivity contribution >= 4 is 5.97 Å². The third kappa shape index (κ3) is 2.97. The van der Waals surface area contributed by atoms with Crippen molar-refractivity contribution in [3.8, 4) is 5.75 Å². The van der Waals surface area contributed by atoms with Gasteiger partial charge in [0.2, 0.25) is 0 Å². The van der Waals surface area contributed by atoms with Crippen LogP contribution in [0.2, 0.25) is 0 Å². The smallest absolute Gasteiger partial charge is 0.323 e. The van der Waals surface area contributed by atoms with Gasteiger partial charge < -0.3 is 14.8 Å². The molecule has 4 nitrogen and oxygen atoms in total. The summed E-state index contributed by atoms with van der Waals surface area (Å²) in [5.74, 6) is 0.627. The van der Waals surface area contributed by atoms with Gasteiger partial charge in [-0.05, 0) is 24.6 Å². The van der Waals surface area contributed by atoms with Crippen LogP contribution in [0.5, 0.6) is 5.75 Å². The highest BCUT2D eigenvalue weighted by Gasteiger charge is 2.31. The molecule has 4 heteroatoms. The molecule has 17 heavy (non-hydrogen) atoms. The predicted octanol–water partition coefficient (Wildman–Crippen LogP) is 1.28. The van der Waals surface area contributed by atoms with Crippen molar-refractivity contribution < 1.29 is 14.3 Å². The van der Waals surface area contributed by atoms with Gasteiger partial charge in [0.25, 0.3) is 0 Å². The largest absolute Gasteiger partial charge is 0.489 e. The molecule has 2 unspecified atom stereocenters. The molecular weight excluding hydrogens is 218 g/mol. The Hall–Kier alpha value is -1.55. The van der Waals surface area contributed by atoms with Gasteiger partial charge in [-0.1, -0.05) is 12.1 Å². The van der Waals surface area contributed by atoms with Gasteiger partial charge in [0, 0.05) is 13.0 Å². The number of ether oxygens (including phenoxy) is 2. The summed E-state index contributed by atoms with van der Waals surface area (Å²) < 4.78 is 10.5. The van der Waals surface area contributed by atoms with Crippen molar-refractivity contribution in [3.63, 3.8) is 0 Å². The number of aryl methyl sites for hydroxylation is 1. The zero-order valence-corrected chi connectivity index (χ0v) is 10.1. The van der Waals surface area contributed by atoms with E-state index < -0.39 is 0 Å². The Labute approximate surface area is 101 Å². The molecular formula is C13H17NO3. The third-order valence-corrected chi connectivity index (χ3v) is 2.87. The van der Waals surface area contributed by atoms with Gasteiger partial charge in [0.1, 0.15) is 17.9 Å². The monoisotopic (exact) mass is 235 g/mol. The second kappa shape index (κ2) is 5.19. The first-order chi connectivity index (χ1) is 8.19. The van der Waals surface area contributed by atoms with Crippen LogP contribution in [0.1, 0.15) is 12.0 Å². The molecule has 0 bridgehead atoms. The zero-order chi connectivity index (χ0) is 12.3. The van der Waals surface area contributed by atoms with Crippen molar-refractivity contribution in [3.05, 3.63) is 29.8 Å².